The molecule has 4 heteroatoms. The smallest absolute Gasteiger partial charge is 1.00 e. The van der Waals surface area contributed by atoms with Crippen molar-refractivity contribution in [2.45, 2.75) is 43.3 Å². The van der Waals surface area contributed by atoms with Gasteiger partial charge in [0.2, 0.25) is 0 Å². The van der Waals surface area contributed by atoms with Gasteiger partial charge < -0.3 is 37.2 Å². The predicted octanol–water partition coefficient (Wildman–Crippen LogP) is -2.36. The van der Waals surface area contributed by atoms with Crippen LogP contribution in [-0.4, -0.2) is 0 Å². The fraction of sp³-hybridized carbons (Fsp3) is 0.333. The van der Waals surface area contributed by atoms with Gasteiger partial charge >= 0.3 is 165 Å². The summed E-state index contributed by atoms with van der Waals surface area (Å²) in [6.07, 6.45) is 8.33. The number of hydrogen-bond donors (Lipinski definition) is 0. The molecule has 148 valence electrons. The molecule has 1 atom stereocenters. The molecule has 1 aliphatic rings. The summed E-state index contributed by atoms with van der Waals surface area (Å²) in [4.78, 5) is 0. The first-order chi connectivity index (χ1) is 11.8. The molecule has 28 heavy (non-hydrogen) atoms. The standard InChI is InChI=1S/C24H27.3ClH.Ti/c1-5-19-16-17-22(18-19)24(23(2,3)4,20-12-8-6-9-13-20)21-14-10-7-11-15-21;;;;/h6-18H,5H2,1-4H3;3*1H;/q;;;;+3/p-3. The summed E-state index contributed by atoms with van der Waals surface area (Å²) in [5.41, 5.74) is 4.09. The maximum atomic E-state index is 2.50. The average Bonchev–Trinajstić information content (AvgIpc) is 2.98. The van der Waals surface area contributed by atoms with Crippen LogP contribution in [0, 0.1) is 5.41 Å². The molecule has 0 saturated carbocycles. The zero-order valence-corrected chi connectivity index (χ0v) is 20.7. The third-order valence-electron chi connectivity index (χ3n) is 5.54. The van der Waals surface area contributed by atoms with Crippen LogP contribution in [-0.2, 0) is 25.9 Å². The Balaban J connectivity index is 0.00000243. The molecule has 1 unspecified atom stereocenters. The van der Waals surface area contributed by atoms with E-state index in [2.05, 4.69) is 127 Å². The van der Waals surface area contributed by atoms with Gasteiger partial charge in [-0.2, -0.15) is 0 Å². The second-order valence-corrected chi connectivity index (χ2v) is 9.30. The van der Waals surface area contributed by atoms with E-state index in [0.29, 0.717) is 0 Å². The minimum absolute atomic E-state index is 0. The first kappa shape index (κ1) is 27.5. The molecule has 2 aromatic rings. The van der Waals surface area contributed by atoms with Crippen molar-refractivity contribution >= 4 is 0 Å². The van der Waals surface area contributed by atoms with Gasteiger partial charge in [0.25, 0.3) is 0 Å². The molecule has 2 aromatic carbocycles. The first-order valence-electron chi connectivity index (χ1n) is 9.12. The molecule has 1 aliphatic carbocycles. The summed E-state index contributed by atoms with van der Waals surface area (Å²) in [6, 6.07) is 22.1. The van der Waals surface area contributed by atoms with Crippen LogP contribution < -0.4 is 37.2 Å². The van der Waals surface area contributed by atoms with Crippen LogP contribution in [0.3, 0.4) is 0 Å². The zero-order valence-electron chi connectivity index (χ0n) is 16.8. The second-order valence-electron chi connectivity index (χ2n) is 8.01. The molecule has 0 amide bonds. The minimum Gasteiger partial charge on any atom is -1.00 e. The Bertz CT molecular complexity index is 752. The number of hydrogen-bond acceptors (Lipinski definition) is 0. The van der Waals surface area contributed by atoms with Gasteiger partial charge in [0.05, 0.1) is 0 Å². The average molecular weight is 470 g/mol. The van der Waals surface area contributed by atoms with E-state index in [0.717, 1.165) is 6.42 Å². The Kier molecular flexibility index (Phi) is 10.3. The van der Waals surface area contributed by atoms with Crippen molar-refractivity contribution in [3.63, 3.8) is 0 Å². The van der Waals surface area contributed by atoms with Gasteiger partial charge in [-0.3, -0.25) is 0 Å². The van der Waals surface area contributed by atoms with Gasteiger partial charge in [0.1, 0.15) is 0 Å². The molecule has 0 N–H and O–H groups in total. The molecular weight excluding hydrogens is 442 g/mol. The molecular formula is C24H27Cl3Ti. The van der Waals surface area contributed by atoms with E-state index < -0.39 is 0 Å². The predicted molar refractivity (Wildman–Crippen MR) is 103 cm³/mol. The quantitative estimate of drug-likeness (QED) is 0.440. The number of benzene rings is 2. The summed E-state index contributed by atoms with van der Waals surface area (Å²) in [6.45, 7) is 9.38. The summed E-state index contributed by atoms with van der Waals surface area (Å²) in [7, 11) is 0. The van der Waals surface area contributed by atoms with E-state index in [-0.39, 0.29) is 51.8 Å². The third-order valence-corrected chi connectivity index (χ3v) is 6.61. The van der Waals surface area contributed by atoms with Crippen molar-refractivity contribution in [2.75, 3.05) is 0 Å². The third kappa shape index (κ3) is 4.47. The monoisotopic (exact) mass is 468 g/mol. The Morgan fingerprint density at radius 3 is 1.54 bits per heavy atom. The van der Waals surface area contributed by atoms with Crippen molar-refractivity contribution in [3.05, 3.63) is 95.6 Å². The normalized spacial score (nSPS) is 18.4. The van der Waals surface area contributed by atoms with Gasteiger partial charge in [-0.25, -0.2) is 0 Å². The molecule has 0 heterocycles. The van der Waals surface area contributed by atoms with Crippen LogP contribution in [0.5, 0.6) is 0 Å². The summed E-state index contributed by atoms with van der Waals surface area (Å²) in [5, 5.41) is 0. The Morgan fingerprint density at radius 1 is 0.786 bits per heavy atom. The number of rotatable bonds is 4. The van der Waals surface area contributed by atoms with E-state index >= 15 is 0 Å². The van der Waals surface area contributed by atoms with Crippen LogP contribution in [0.4, 0.5) is 0 Å². The van der Waals surface area contributed by atoms with Gasteiger partial charge in [-0.15, -0.1) is 0 Å². The molecule has 0 saturated heterocycles. The van der Waals surface area contributed by atoms with Gasteiger partial charge in [-0.1, -0.05) is 0 Å². The van der Waals surface area contributed by atoms with Crippen LogP contribution >= 0.6 is 0 Å². The Hall–Kier alpha value is -0.496. The Morgan fingerprint density at radius 2 is 1.21 bits per heavy atom. The molecule has 0 spiro atoms. The van der Waals surface area contributed by atoms with Crippen molar-refractivity contribution in [1.29, 1.82) is 0 Å². The molecule has 3 rings (SSSR count). The molecule has 0 nitrogen and oxygen atoms in total. The fourth-order valence-corrected chi connectivity index (χ4v) is 6.04. The molecule has 0 aromatic heterocycles. The van der Waals surface area contributed by atoms with E-state index in [1.165, 1.54) is 16.7 Å². The van der Waals surface area contributed by atoms with Crippen molar-refractivity contribution in [2.24, 2.45) is 5.41 Å². The maximum Gasteiger partial charge on any atom is -1.00 e. The van der Waals surface area contributed by atoms with E-state index in [4.69, 9.17) is 0 Å². The van der Waals surface area contributed by atoms with Crippen LogP contribution in [0.15, 0.2) is 84.5 Å². The first-order valence-corrected chi connectivity index (χ1v) is 9.90. The zero-order chi connectivity index (χ0) is 18.1. The summed E-state index contributed by atoms with van der Waals surface area (Å²) < 4.78 is -0.0701. The van der Waals surface area contributed by atoms with Crippen LogP contribution in [0.2, 0.25) is 3.72 Å². The summed E-state index contributed by atoms with van der Waals surface area (Å²) in [5.74, 6) is 0. The van der Waals surface area contributed by atoms with Crippen molar-refractivity contribution in [3.8, 4) is 0 Å². The van der Waals surface area contributed by atoms with Gasteiger partial charge in [0, 0.05) is 0 Å². The van der Waals surface area contributed by atoms with Crippen LogP contribution in [0.1, 0.15) is 45.2 Å². The SMILES string of the molecule is CCC1=C[C]([Ti+3])(C(c2ccccc2)(c2ccccc2)C(C)(C)C)C=C1.[Cl-].[Cl-].[Cl-]. The van der Waals surface area contributed by atoms with E-state index in [9.17, 15) is 0 Å². The van der Waals surface area contributed by atoms with E-state index in [1.807, 2.05) is 0 Å². The van der Waals surface area contributed by atoms with Crippen LogP contribution in [0.25, 0.3) is 0 Å². The maximum absolute atomic E-state index is 2.50. The fourth-order valence-electron chi connectivity index (χ4n) is 4.59. The number of allylic oxidation sites excluding steroid dienone is 4. The minimum atomic E-state index is -0.143. The van der Waals surface area contributed by atoms with Gasteiger partial charge in [0.15, 0.2) is 0 Å². The second kappa shape index (κ2) is 10.5. The molecule has 0 aliphatic heterocycles. The van der Waals surface area contributed by atoms with Crippen molar-refractivity contribution < 1.29 is 57.7 Å². The van der Waals surface area contributed by atoms with E-state index in [1.54, 1.807) is 0 Å². The molecule has 0 bridgehead atoms. The molecule has 0 radical (unpaired) electrons. The number of halogens is 3. The topological polar surface area (TPSA) is 0 Å². The molecule has 0 fully saturated rings. The summed E-state index contributed by atoms with van der Waals surface area (Å²) >= 11 is 2.40. The largest absolute Gasteiger partial charge is 1.00 e. The van der Waals surface area contributed by atoms with Gasteiger partial charge in [-0.05, 0) is 0 Å². The Labute approximate surface area is 200 Å². The van der Waals surface area contributed by atoms with Crippen molar-refractivity contribution in [1.82, 2.24) is 0 Å².